The quantitative estimate of drug-likeness (QED) is 0.873. The van der Waals surface area contributed by atoms with Gasteiger partial charge in [0.25, 0.3) is 0 Å². The molecule has 0 aliphatic heterocycles. The van der Waals surface area contributed by atoms with Crippen molar-refractivity contribution in [3.63, 3.8) is 0 Å². The van der Waals surface area contributed by atoms with Gasteiger partial charge in [-0.1, -0.05) is 6.07 Å². The molecule has 90 valence electrons. The monoisotopic (exact) mass is 230 g/mol. The lowest BCUT2D eigenvalue weighted by Gasteiger charge is -2.06. The molecule has 0 spiro atoms. The van der Waals surface area contributed by atoms with Crippen LogP contribution in [0.2, 0.25) is 0 Å². The van der Waals surface area contributed by atoms with E-state index in [-0.39, 0.29) is 0 Å². The maximum Gasteiger partial charge on any atom is 0.0837 e. The second kappa shape index (κ2) is 4.67. The molecule has 2 rings (SSSR count). The van der Waals surface area contributed by atoms with Gasteiger partial charge in [0.1, 0.15) is 0 Å². The largest absolute Gasteiger partial charge is 0.326 e. The topological polar surface area (TPSA) is 56.7 Å². The van der Waals surface area contributed by atoms with E-state index in [0.29, 0.717) is 13.1 Å². The Labute approximate surface area is 101 Å². The first kappa shape index (κ1) is 11.8. The fourth-order valence-electron chi connectivity index (χ4n) is 2.01. The van der Waals surface area contributed by atoms with Crippen molar-refractivity contribution in [3.05, 3.63) is 46.5 Å². The zero-order chi connectivity index (χ0) is 12.4. The molecule has 2 N–H and O–H groups in total. The molecule has 17 heavy (non-hydrogen) atoms. The van der Waals surface area contributed by atoms with Crippen LogP contribution in [0.4, 0.5) is 0 Å². The van der Waals surface area contributed by atoms with Crippen LogP contribution in [0, 0.1) is 20.8 Å². The van der Waals surface area contributed by atoms with Gasteiger partial charge >= 0.3 is 0 Å². The molecule has 0 aliphatic rings. The number of aromatic nitrogens is 3. The van der Waals surface area contributed by atoms with E-state index in [9.17, 15) is 0 Å². The summed E-state index contributed by atoms with van der Waals surface area (Å²) in [6, 6.07) is 4.02. The highest BCUT2D eigenvalue weighted by molar-refractivity contribution is 5.25. The zero-order valence-electron chi connectivity index (χ0n) is 10.6. The Kier molecular flexibility index (Phi) is 3.24. The van der Waals surface area contributed by atoms with Crippen LogP contribution in [0.15, 0.2) is 18.3 Å². The van der Waals surface area contributed by atoms with Crippen molar-refractivity contribution in [2.24, 2.45) is 5.73 Å². The molecule has 0 aliphatic carbocycles. The van der Waals surface area contributed by atoms with Gasteiger partial charge in [-0.2, -0.15) is 5.10 Å². The summed E-state index contributed by atoms with van der Waals surface area (Å²) < 4.78 is 1.98. The standard InChI is InChI=1S/C13H18N4/c1-9-5-4-6-15-13(9)8-17-11(3)12(7-14)10(2)16-17/h4-6H,7-8,14H2,1-3H3. The fourth-order valence-corrected chi connectivity index (χ4v) is 2.01. The van der Waals surface area contributed by atoms with Crippen LogP contribution in [-0.2, 0) is 13.1 Å². The molecule has 0 unspecified atom stereocenters. The summed E-state index contributed by atoms with van der Waals surface area (Å²) >= 11 is 0. The first-order chi connectivity index (χ1) is 8.13. The van der Waals surface area contributed by atoms with E-state index in [1.165, 1.54) is 5.56 Å². The summed E-state index contributed by atoms with van der Waals surface area (Å²) in [7, 11) is 0. The third kappa shape index (κ3) is 2.22. The molecule has 0 atom stereocenters. The molecule has 4 heteroatoms. The maximum atomic E-state index is 5.72. The van der Waals surface area contributed by atoms with Gasteiger partial charge in [0.2, 0.25) is 0 Å². The van der Waals surface area contributed by atoms with Crippen LogP contribution in [0.5, 0.6) is 0 Å². The Morgan fingerprint density at radius 1 is 1.29 bits per heavy atom. The number of aryl methyl sites for hydroxylation is 2. The predicted octanol–water partition coefficient (Wildman–Crippen LogP) is 1.71. The van der Waals surface area contributed by atoms with Crippen molar-refractivity contribution in [1.29, 1.82) is 0 Å². The van der Waals surface area contributed by atoms with Gasteiger partial charge in [-0.25, -0.2) is 0 Å². The summed E-state index contributed by atoms with van der Waals surface area (Å²) in [5, 5.41) is 4.51. The van der Waals surface area contributed by atoms with E-state index in [2.05, 4.69) is 30.0 Å². The van der Waals surface area contributed by atoms with Crippen molar-refractivity contribution in [2.45, 2.75) is 33.9 Å². The molecule has 0 bridgehead atoms. The third-order valence-corrected chi connectivity index (χ3v) is 3.15. The van der Waals surface area contributed by atoms with E-state index < -0.39 is 0 Å². The molecule has 0 saturated carbocycles. The first-order valence-corrected chi connectivity index (χ1v) is 5.77. The maximum absolute atomic E-state index is 5.72. The Hall–Kier alpha value is -1.68. The van der Waals surface area contributed by atoms with Crippen LogP contribution in [0.25, 0.3) is 0 Å². The van der Waals surface area contributed by atoms with Gasteiger partial charge in [-0.15, -0.1) is 0 Å². The summed E-state index contributed by atoms with van der Waals surface area (Å²) in [5.74, 6) is 0. The van der Waals surface area contributed by atoms with Crippen molar-refractivity contribution in [1.82, 2.24) is 14.8 Å². The zero-order valence-corrected chi connectivity index (χ0v) is 10.6. The van der Waals surface area contributed by atoms with Crippen LogP contribution in [-0.4, -0.2) is 14.8 Å². The first-order valence-electron chi connectivity index (χ1n) is 5.77. The lowest BCUT2D eigenvalue weighted by molar-refractivity contribution is 0.643. The predicted molar refractivity (Wildman–Crippen MR) is 67.7 cm³/mol. The molecule has 0 radical (unpaired) electrons. The summed E-state index contributed by atoms with van der Waals surface area (Å²) in [4.78, 5) is 4.39. The Morgan fingerprint density at radius 3 is 2.65 bits per heavy atom. The Balaban J connectivity index is 2.34. The number of nitrogens with zero attached hydrogens (tertiary/aromatic N) is 3. The molecule has 2 aromatic rings. The van der Waals surface area contributed by atoms with E-state index >= 15 is 0 Å². The minimum Gasteiger partial charge on any atom is -0.326 e. The lowest BCUT2D eigenvalue weighted by atomic mass is 10.2. The number of hydrogen-bond donors (Lipinski definition) is 1. The number of pyridine rings is 1. The molecule has 0 saturated heterocycles. The van der Waals surface area contributed by atoms with Gasteiger partial charge in [0.05, 0.1) is 17.9 Å². The van der Waals surface area contributed by atoms with Crippen molar-refractivity contribution >= 4 is 0 Å². The van der Waals surface area contributed by atoms with Gasteiger partial charge in [-0.3, -0.25) is 9.67 Å². The SMILES string of the molecule is Cc1cccnc1Cn1nc(C)c(CN)c1C. The molecular formula is C13H18N4. The van der Waals surface area contributed by atoms with Gasteiger partial charge in [0.15, 0.2) is 0 Å². The highest BCUT2D eigenvalue weighted by Gasteiger charge is 2.11. The second-order valence-corrected chi connectivity index (χ2v) is 4.28. The van der Waals surface area contributed by atoms with Crippen LogP contribution in [0.3, 0.4) is 0 Å². The molecule has 0 aromatic carbocycles. The van der Waals surface area contributed by atoms with E-state index in [0.717, 1.165) is 22.6 Å². The number of nitrogens with two attached hydrogens (primary N) is 1. The number of hydrogen-bond acceptors (Lipinski definition) is 3. The van der Waals surface area contributed by atoms with E-state index in [1.807, 2.05) is 23.9 Å². The van der Waals surface area contributed by atoms with Crippen molar-refractivity contribution in [2.75, 3.05) is 0 Å². The highest BCUT2D eigenvalue weighted by Crippen LogP contribution is 2.14. The molecule has 0 amide bonds. The Morgan fingerprint density at radius 2 is 2.06 bits per heavy atom. The van der Waals surface area contributed by atoms with Gasteiger partial charge < -0.3 is 5.73 Å². The number of rotatable bonds is 3. The molecule has 2 aromatic heterocycles. The molecule has 4 nitrogen and oxygen atoms in total. The minimum absolute atomic E-state index is 0.541. The van der Waals surface area contributed by atoms with E-state index in [4.69, 9.17) is 5.73 Å². The molecule has 0 fully saturated rings. The smallest absolute Gasteiger partial charge is 0.0837 e. The van der Waals surface area contributed by atoms with Crippen molar-refractivity contribution < 1.29 is 0 Å². The average molecular weight is 230 g/mol. The second-order valence-electron chi connectivity index (χ2n) is 4.28. The average Bonchev–Trinajstić information content (AvgIpc) is 2.57. The van der Waals surface area contributed by atoms with Gasteiger partial charge in [-0.05, 0) is 32.4 Å². The minimum atomic E-state index is 0.541. The fraction of sp³-hybridized carbons (Fsp3) is 0.385. The molecular weight excluding hydrogens is 212 g/mol. The van der Waals surface area contributed by atoms with Crippen LogP contribution >= 0.6 is 0 Å². The molecule has 2 heterocycles. The Bertz CT molecular complexity index is 528. The highest BCUT2D eigenvalue weighted by atomic mass is 15.3. The van der Waals surface area contributed by atoms with E-state index in [1.54, 1.807) is 0 Å². The summed E-state index contributed by atoms with van der Waals surface area (Å²) in [6.45, 7) is 7.37. The summed E-state index contributed by atoms with van der Waals surface area (Å²) in [6.07, 6.45) is 1.82. The van der Waals surface area contributed by atoms with Crippen LogP contribution in [0.1, 0.15) is 28.2 Å². The summed E-state index contributed by atoms with van der Waals surface area (Å²) in [5.41, 5.74) is 11.2. The van der Waals surface area contributed by atoms with Crippen LogP contribution < -0.4 is 5.73 Å². The van der Waals surface area contributed by atoms with Crippen molar-refractivity contribution in [3.8, 4) is 0 Å². The normalized spacial score (nSPS) is 10.8. The van der Waals surface area contributed by atoms with Gasteiger partial charge in [0, 0.05) is 24.0 Å². The third-order valence-electron chi connectivity index (χ3n) is 3.15. The lowest BCUT2D eigenvalue weighted by Crippen LogP contribution is -2.08.